The van der Waals surface area contributed by atoms with Gasteiger partial charge in [-0.25, -0.2) is 0 Å². The highest BCUT2D eigenvalue weighted by Crippen LogP contribution is 2.40. The van der Waals surface area contributed by atoms with Crippen molar-refractivity contribution in [3.05, 3.63) is 22.4 Å². The van der Waals surface area contributed by atoms with Gasteiger partial charge in [0, 0.05) is 31.1 Å². The summed E-state index contributed by atoms with van der Waals surface area (Å²) in [6.07, 6.45) is 7.65. The van der Waals surface area contributed by atoms with Gasteiger partial charge in [-0.1, -0.05) is 6.07 Å². The zero-order chi connectivity index (χ0) is 16.4. The molecule has 4 nitrogen and oxygen atoms in total. The van der Waals surface area contributed by atoms with Crippen LogP contribution in [0.3, 0.4) is 0 Å². The Balaban J connectivity index is 1.20. The van der Waals surface area contributed by atoms with Gasteiger partial charge in [-0.15, -0.1) is 11.3 Å². The lowest BCUT2D eigenvalue weighted by molar-refractivity contribution is -0.140. The van der Waals surface area contributed by atoms with Crippen LogP contribution in [0.2, 0.25) is 0 Å². The first kappa shape index (κ1) is 16.6. The molecule has 3 aliphatic rings. The molecule has 3 heterocycles. The fraction of sp³-hybridized carbons (Fsp3) is 0.737. The van der Waals surface area contributed by atoms with Gasteiger partial charge in [-0.2, -0.15) is 0 Å². The maximum Gasteiger partial charge on any atom is 0.249 e. The Bertz CT molecular complexity index is 548. The molecule has 0 aromatic carbocycles. The van der Waals surface area contributed by atoms with E-state index in [1.165, 1.54) is 24.3 Å². The number of carbonyl (C=O) groups excluding carboxylic acids is 1. The summed E-state index contributed by atoms with van der Waals surface area (Å²) < 4.78 is 6.27. The van der Waals surface area contributed by atoms with Crippen LogP contribution in [0.5, 0.6) is 0 Å². The fourth-order valence-corrected chi connectivity index (χ4v) is 4.76. The molecular formula is C19H28N2O2S. The Morgan fingerprint density at radius 2 is 2.12 bits per heavy atom. The van der Waals surface area contributed by atoms with Crippen molar-refractivity contribution in [3.63, 3.8) is 0 Å². The van der Waals surface area contributed by atoms with Crippen molar-refractivity contribution in [1.29, 1.82) is 0 Å². The molecular weight excluding hydrogens is 320 g/mol. The zero-order valence-corrected chi connectivity index (χ0v) is 15.2. The number of carbonyl (C=O) groups is 1. The number of ether oxygens (including phenoxy) is 1. The van der Waals surface area contributed by atoms with Gasteiger partial charge in [0.25, 0.3) is 0 Å². The summed E-state index contributed by atoms with van der Waals surface area (Å²) in [4.78, 5) is 16.3. The van der Waals surface area contributed by atoms with E-state index in [1.807, 2.05) is 0 Å². The normalized spacial score (nSPS) is 26.8. The molecule has 1 amide bonds. The fourth-order valence-electron chi connectivity index (χ4n) is 4.05. The smallest absolute Gasteiger partial charge is 0.249 e. The lowest BCUT2D eigenvalue weighted by Crippen LogP contribution is -2.46. The number of rotatable bonds is 6. The van der Waals surface area contributed by atoms with E-state index in [9.17, 15) is 4.79 Å². The van der Waals surface area contributed by atoms with Crippen LogP contribution in [0.25, 0.3) is 0 Å². The van der Waals surface area contributed by atoms with Crippen molar-refractivity contribution in [1.82, 2.24) is 10.2 Å². The van der Waals surface area contributed by atoms with Crippen LogP contribution in [0.1, 0.15) is 43.4 Å². The summed E-state index contributed by atoms with van der Waals surface area (Å²) in [6, 6.07) is 4.18. The van der Waals surface area contributed by atoms with Gasteiger partial charge in [-0.3, -0.25) is 4.79 Å². The minimum atomic E-state index is -0.233. The van der Waals surface area contributed by atoms with Gasteiger partial charge in [0.1, 0.15) is 6.10 Å². The third-order valence-corrected chi connectivity index (χ3v) is 6.71. The topological polar surface area (TPSA) is 41.6 Å². The molecule has 5 heteroatoms. The van der Waals surface area contributed by atoms with Crippen molar-refractivity contribution in [2.24, 2.45) is 5.92 Å². The number of piperidine rings is 1. The SMILES string of the molecule is O=C(NCCc1cccs1)C1CCC2(CCN(CC3CC3)CC2)O1. The van der Waals surface area contributed by atoms with E-state index >= 15 is 0 Å². The summed E-state index contributed by atoms with van der Waals surface area (Å²) in [5.74, 6) is 1.05. The van der Waals surface area contributed by atoms with E-state index in [4.69, 9.17) is 4.74 Å². The first-order valence-electron chi connectivity index (χ1n) is 9.43. The molecule has 24 heavy (non-hydrogen) atoms. The van der Waals surface area contributed by atoms with E-state index < -0.39 is 0 Å². The standard InChI is InChI=1S/C19H28N2O2S/c22-18(20-10-6-16-2-1-13-24-16)17-5-7-19(23-17)8-11-21(12-9-19)14-15-3-4-15/h1-2,13,15,17H,3-12,14H2,(H,20,22). The van der Waals surface area contributed by atoms with Crippen LogP contribution >= 0.6 is 11.3 Å². The molecule has 1 aromatic heterocycles. The van der Waals surface area contributed by atoms with E-state index in [1.54, 1.807) is 11.3 Å². The Labute approximate surface area is 148 Å². The van der Waals surface area contributed by atoms with Crippen molar-refractivity contribution < 1.29 is 9.53 Å². The molecule has 0 radical (unpaired) electrons. The first-order valence-corrected chi connectivity index (χ1v) is 10.3. The number of nitrogens with zero attached hydrogens (tertiary/aromatic N) is 1. The average Bonchev–Trinajstić information content (AvgIpc) is 3.09. The van der Waals surface area contributed by atoms with E-state index in [0.717, 1.165) is 51.1 Å². The highest BCUT2D eigenvalue weighted by molar-refractivity contribution is 7.09. The maximum atomic E-state index is 12.4. The third kappa shape index (κ3) is 4.01. The van der Waals surface area contributed by atoms with Gasteiger partial charge in [0.05, 0.1) is 5.60 Å². The van der Waals surface area contributed by atoms with Gasteiger partial charge in [-0.05, 0) is 62.3 Å². The van der Waals surface area contributed by atoms with Crippen LogP contribution < -0.4 is 5.32 Å². The summed E-state index contributed by atoms with van der Waals surface area (Å²) in [6.45, 7) is 4.27. The maximum absolute atomic E-state index is 12.4. The number of likely N-dealkylation sites (tertiary alicyclic amines) is 1. The minimum absolute atomic E-state index is 0.0180. The largest absolute Gasteiger partial charge is 0.362 e. The van der Waals surface area contributed by atoms with Crippen LogP contribution in [0.4, 0.5) is 0 Å². The molecule has 3 fully saturated rings. The Morgan fingerprint density at radius 1 is 1.29 bits per heavy atom. The molecule has 4 rings (SSSR count). The van der Waals surface area contributed by atoms with Crippen molar-refractivity contribution >= 4 is 17.2 Å². The lowest BCUT2D eigenvalue weighted by atomic mass is 9.88. The predicted octanol–water partition coefficient (Wildman–Crippen LogP) is 2.83. The predicted molar refractivity (Wildman–Crippen MR) is 96.3 cm³/mol. The average molecular weight is 349 g/mol. The van der Waals surface area contributed by atoms with Gasteiger partial charge in [0.2, 0.25) is 5.91 Å². The number of amides is 1. The number of thiophene rings is 1. The minimum Gasteiger partial charge on any atom is -0.362 e. The third-order valence-electron chi connectivity index (χ3n) is 5.78. The second-order valence-electron chi connectivity index (χ2n) is 7.69. The van der Waals surface area contributed by atoms with Crippen molar-refractivity contribution in [2.75, 3.05) is 26.2 Å². The number of hydrogen-bond acceptors (Lipinski definition) is 4. The molecule has 0 bridgehead atoms. The molecule has 1 N–H and O–H groups in total. The van der Waals surface area contributed by atoms with Gasteiger partial charge >= 0.3 is 0 Å². The van der Waals surface area contributed by atoms with Crippen molar-refractivity contribution in [3.8, 4) is 0 Å². The molecule has 2 aliphatic heterocycles. The van der Waals surface area contributed by atoms with Crippen LogP contribution in [-0.2, 0) is 16.0 Å². The molecule has 1 spiro atoms. The van der Waals surface area contributed by atoms with E-state index in [2.05, 4.69) is 27.7 Å². The quantitative estimate of drug-likeness (QED) is 0.859. The second-order valence-corrected chi connectivity index (χ2v) is 8.72. The molecule has 1 aliphatic carbocycles. The summed E-state index contributed by atoms with van der Waals surface area (Å²) in [5, 5.41) is 5.14. The van der Waals surface area contributed by atoms with Crippen molar-refractivity contribution in [2.45, 2.75) is 56.7 Å². The number of nitrogens with one attached hydrogen (secondary N) is 1. The second kappa shape index (κ2) is 7.14. The van der Waals surface area contributed by atoms with Gasteiger partial charge in [0.15, 0.2) is 0 Å². The lowest BCUT2D eigenvalue weighted by Gasteiger charge is -2.39. The van der Waals surface area contributed by atoms with Crippen LogP contribution in [0, 0.1) is 5.92 Å². The van der Waals surface area contributed by atoms with Gasteiger partial charge < -0.3 is 15.0 Å². The summed E-state index contributed by atoms with van der Waals surface area (Å²) >= 11 is 1.75. The monoisotopic (exact) mass is 348 g/mol. The first-order chi connectivity index (χ1) is 11.7. The van der Waals surface area contributed by atoms with Crippen LogP contribution in [0.15, 0.2) is 17.5 Å². The Kier molecular flexibility index (Phi) is 4.93. The highest BCUT2D eigenvalue weighted by atomic mass is 32.1. The summed E-state index contributed by atoms with van der Waals surface area (Å²) in [5.41, 5.74) is -0.0180. The molecule has 2 saturated heterocycles. The van der Waals surface area contributed by atoms with Crippen LogP contribution in [-0.4, -0.2) is 48.7 Å². The van der Waals surface area contributed by atoms with E-state index in [0.29, 0.717) is 6.54 Å². The molecule has 1 aromatic rings. The molecule has 1 saturated carbocycles. The Hall–Kier alpha value is -0.910. The molecule has 1 atom stereocenters. The molecule has 132 valence electrons. The Morgan fingerprint density at radius 3 is 2.83 bits per heavy atom. The number of hydrogen-bond donors (Lipinski definition) is 1. The highest BCUT2D eigenvalue weighted by Gasteiger charge is 2.44. The molecule has 1 unspecified atom stereocenters. The summed E-state index contributed by atoms with van der Waals surface area (Å²) in [7, 11) is 0. The van der Waals surface area contributed by atoms with E-state index in [-0.39, 0.29) is 17.6 Å². The zero-order valence-electron chi connectivity index (χ0n) is 14.3.